The molecule has 0 fully saturated rings. The van der Waals surface area contributed by atoms with E-state index in [0.29, 0.717) is 10.9 Å². The van der Waals surface area contributed by atoms with Crippen LogP contribution in [-0.4, -0.2) is 10.0 Å². The van der Waals surface area contributed by atoms with Crippen LogP contribution in [0.2, 0.25) is 0 Å². The molecule has 0 bridgehead atoms. The van der Waals surface area contributed by atoms with Crippen LogP contribution in [0.4, 0.5) is 5.69 Å². The number of benzene rings is 3. The summed E-state index contributed by atoms with van der Waals surface area (Å²) in [5, 5.41) is 22.1. The van der Waals surface area contributed by atoms with Crippen molar-refractivity contribution >= 4 is 28.4 Å². The molecule has 1 N–H and O–H groups in total. The molecule has 1 unspecified atom stereocenters. The third-order valence-electron chi connectivity index (χ3n) is 4.50. The van der Waals surface area contributed by atoms with Gasteiger partial charge in [-0.2, -0.15) is 0 Å². The molecule has 0 aliphatic heterocycles. The molecule has 0 amide bonds. The first-order valence-corrected chi connectivity index (χ1v) is 9.64. The van der Waals surface area contributed by atoms with Crippen LogP contribution in [0, 0.1) is 10.1 Å². The number of thioether (sulfide) groups is 1. The van der Waals surface area contributed by atoms with Gasteiger partial charge in [0.15, 0.2) is 0 Å². The molecule has 3 aromatic carbocycles. The Hall–Kier alpha value is -3.58. The molecule has 29 heavy (non-hydrogen) atoms. The Bertz CT molecular complexity index is 1250. The van der Waals surface area contributed by atoms with Gasteiger partial charge in [-0.3, -0.25) is 10.1 Å². The predicted molar refractivity (Wildman–Crippen MR) is 111 cm³/mol. The van der Waals surface area contributed by atoms with E-state index in [-0.39, 0.29) is 22.6 Å². The Balaban J connectivity index is 1.98. The van der Waals surface area contributed by atoms with E-state index in [1.54, 1.807) is 42.5 Å². The van der Waals surface area contributed by atoms with Crippen LogP contribution in [0.15, 0.2) is 93.0 Å². The molecular formula is C22H15NO5S. The van der Waals surface area contributed by atoms with Crippen LogP contribution < -0.4 is 5.63 Å². The van der Waals surface area contributed by atoms with Crippen molar-refractivity contribution < 1.29 is 14.4 Å². The SMILES string of the molecule is O=c1oc2ccccc2c(O)c1C(Sc1ccccc1)c1ccccc1[N+](=O)[O-]. The van der Waals surface area contributed by atoms with Gasteiger partial charge in [-0.15, -0.1) is 11.8 Å². The predicted octanol–water partition coefficient (Wildman–Crippen LogP) is 5.29. The zero-order chi connectivity index (χ0) is 20.4. The van der Waals surface area contributed by atoms with Crippen LogP contribution >= 0.6 is 11.8 Å². The van der Waals surface area contributed by atoms with Crippen LogP contribution in [0.1, 0.15) is 16.4 Å². The lowest BCUT2D eigenvalue weighted by molar-refractivity contribution is -0.385. The standard InChI is InChI=1S/C22H15NO5S/c24-20-16-11-5-7-13-18(16)28-22(25)19(20)21(29-14-8-2-1-3-9-14)15-10-4-6-12-17(15)23(26)27/h1-13,21,24H. The van der Waals surface area contributed by atoms with Gasteiger partial charge in [0.25, 0.3) is 5.69 Å². The fraction of sp³-hybridized carbons (Fsp3) is 0.0455. The maximum absolute atomic E-state index is 12.8. The van der Waals surface area contributed by atoms with Gasteiger partial charge in [-0.25, -0.2) is 4.79 Å². The summed E-state index contributed by atoms with van der Waals surface area (Å²) in [4.78, 5) is 24.8. The number of rotatable bonds is 5. The van der Waals surface area contributed by atoms with Gasteiger partial charge in [0.1, 0.15) is 11.3 Å². The van der Waals surface area contributed by atoms with Crippen molar-refractivity contribution in [2.75, 3.05) is 0 Å². The first kappa shape index (κ1) is 18.8. The van der Waals surface area contributed by atoms with E-state index in [9.17, 15) is 20.0 Å². The molecule has 1 atom stereocenters. The quantitative estimate of drug-likeness (QED) is 0.210. The smallest absolute Gasteiger partial charge is 0.344 e. The third-order valence-corrected chi connectivity index (χ3v) is 5.76. The maximum Gasteiger partial charge on any atom is 0.344 e. The van der Waals surface area contributed by atoms with Crippen LogP contribution in [0.5, 0.6) is 5.75 Å². The first-order chi connectivity index (χ1) is 14.1. The summed E-state index contributed by atoms with van der Waals surface area (Å²) in [6.07, 6.45) is 0. The number of fused-ring (bicyclic) bond motifs is 1. The molecule has 144 valence electrons. The molecule has 4 rings (SSSR count). The highest BCUT2D eigenvalue weighted by atomic mass is 32.2. The lowest BCUT2D eigenvalue weighted by Crippen LogP contribution is -2.13. The second kappa shape index (κ2) is 7.81. The fourth-order valence-corrected chi connectivity index (χ4v) is 4.41. The molecule has 0 saturated heterocycles. The monoisotopic (exact) mass is 405 g/mol. The van der Waals surface area contributed by atoms with Gasteiger partial charge >= 0.3 is 5.63 Å². The summed E-state index contributed by atoms with van der Waals surface area (Å²) in [5.74, 6) is -0.233. The van der Waals surface area contributed by atoms with Crippen LogP contribution in [0.25, 0.3) is 11.0 Å². The van der Waals surface area contributed by atoms with Gasteiger partial charge in [0, 0.05) is 16.5 Å². The van der Waals surface area contributed by atoms with Gasteiger partial charge in [-0.05, 0) is 24.3 Å². The summed E-state index contributed by atoms with van der Waals surface area (Å²) < 4.78 is 5.42. The highest BCUT2D eigenvalue weighted by Crippen LogP contribution is 2.46. The molecule has 4 aromatic rings. The Morgan fingerprint density at radius 2 is 1.59 bits per heavy atom. The lowest BCUT2D eigenvalue weighted by Gasteiger charge is -2.18. The molecule has 0 radical (unpaired) electrons. The second-order valence-electron chi connectivity index (χ2n) is 6.27. The van der Waals surface area contributed by atoms with Crippen LogP contribution in [-0.2, 0) is 0 Å². The Labute approximate surface area is 169 Å². The van der Waals surface area contributed by atoms with E-state index in [2.05, 4.69) is 0 Å². The van der Waals surface area contributed by atoms with Crippen molar-refractivity contribution in [3.63, 3.8) is 0 Å². The lowest BCUT2D eigenvalue weighted by atomic mass is 10.0. The molecular weight excluding hydrogens is 390 g/mol. The molecule has 7 heteroatoms. The number of nitro groups is 1. The topological polar surface area (TPSA) is 93.6 Å². The van der Waals surface area contributed by atoms with E-state index in [1.165, 1.54) is 17.8 Å². The van der Waals surface area contributed by atoms with Crippen molar-refractivity contribution in [2.45, 2.75) is 10.1 Å². The summed E-state index contributed by atoms with van der Waals surface area (Å²) in [6.45, 7) is 0. The minimum absolute atomic E-state index is 0.0214. The molecule has 0 saturated carbocycles. The number of hydrogen-bond donors (Lipinski definition) is 1. The highest BCUT2D eigenvalue weighted by molar-refractivity contribution is 7.99. The van der Waals surface area contributed by atoms with Gasteiger partial charge in [0.2, 0.25) is 0 Å². The van der Waals surface area contributed by atoms with Crippen molar-refractivity contribution in [3.05, 3.63) is 111 Å². The normalized spacial score (nSPS) is 12.0. The van der Waals surface area contributed by atoms with Gasteiger partial charge < -0.3 is 9.52 Å². The Morgan fingerprint density at radius 1 is 0.931 bits per heavy atom. The van der Waals surface area contributed by atoms with E-state index in [0.717, 1.165) is 4.90 Å². The molecule has 0 aliphatic carbocycles. The highest BCUT2D eigenvalue weighted by Gasteiger charge is 2.30. The van der Waals surface area contributed by atoms with E-state index >= 15 is 0 Å². The summed E-state index contributed by atoms with van der Waals surface area (Å²) in [7, 11) is 0. The zero-order valence-electron chi connectivity index (χ0n) is 15.0. The minimum Gasteiger partial charge on any atom is -0.507 e. The average molecular weight is 405 g/mol. The van der Waals surface area contributed by atoms with Gasteiger partial charge in [-0.1, -0.05) is 48.5 Å². The molecule has 6 nitrogen and oxygen atoms in total. The molecule has 0 spiro atoms. The largest absolute Gasteiger partial charge is 0.507 e. The van der Waals surface area contributed by atoms with Crippen molar-refractivity contribution in [2.24, 2.45) is 0 Å². The zero-order valence-corrected chi connectivity index (χ0v) is 15.8. The van der Waals surface area contributed by atoms with Crippen LogP contribution in [0.3, 0.4) is 0 Å². The second-order valence-corrected chi connectivity index (χ2v) is 7.45. The molecule has 1 heterocycles. The number of hydrogen-bond acceptors (Lipinski definition) is 6. The average Bonchev–Trinajstić information content (AvgIpc) is 2.74. The fourth-order valence-electron chi connectivity index (χ4n) is 3.17. The van der Waals surface area contributed by atoms with Crippen molar-refractivity contribution in [1.29, 1.82) is 0 Å². The summed E-state index contributed by atoms with van der Waals surface area (Å²) >= 11 is 1.24. The minimum atomic E-state index is -0.833. The van der Waals surface area contributed by atoms with Crippen molar-refractivity contribution in [1.82, 2.24) is 0 Å². The van der Waals surface area contributed by atoms with Crippen molar-refractivity contribution in [3.8, 4) is 5.75 Å². The van der Waals surface area contributed by atoms with Gasteiger partial charge in [0.05, 0.1) is 21.1 Å². The summed E-state index contributed by atoms with van der Waals surface area (Å²) in [6, 6.07) is 22.0. The third kappa shape index (κ3) is 3.60. The number of aromatic hydroxyl groups is 1. The summed E-state index contributed by atoms with van der Waals surface area (Å²) in [5.41, 5.74) is -0.318. The van der Waals surface area contributed by atoms with E-state index in [1.807, 2.05) is 30.3 Å². The Kier molecular flexibility index (Phi) is 5.05. The number of para-hydroxylation sites is 2. The maximum atomic E-state index is 12.8. The van der Waals surface area contributed by atoms with E-state index < -0.39 is 15.8 Å². The molecule has 1 aromatic heterocycles. The molecule has 0 aliphatic rings. The number of nitro benzene ring substituents is 1. The van der Waals surface area contributed by atoms with E-state index in [4.69, 9.17) is 4.42 Å². The number of nitrogens with zero attached hydrogens (tertiary/aromatic N) is 1. The Morgan fingerprint density at radius 3 is 2.34 bits per heavy atom. The first-order valence-electron chi connectivity index (χ1n) is 8.76.